The Kier molecular flexibility index (Phi) is 7.02. The smallest absolute Gasteiger partial charge is 0.253 e. The average Bonchev–Trinajstić information content (AvgIpc) is 2.67. The van der Waals surface area contributed by atoms with Gasteiger partial charge in [0.15, 0.2) is 9.84 Å². The quantitative estimate of drug-likeness (QED) is 0.730. The summed E-state index contributed by atoms with van der Waals surface area (Å²) in [4.78, 5) is 17.5. The van der Waals surface area contributed by atoms with Crippen LogP contribution in [-0.4, -0.2) is 74.3 Å². The lowest BCUT2D eigenvalue weighted by atomic mass is 9.95. The van der Waals surface area contributed by atoms with Crippen molar-refractivity contribution in [2.75, 3.05) is 32.7 Å². The van der Waals surface area contributed by atoms with Crippen LogP contribution in [0.5, 0.6) is 0 Å². The van der Waals surface area contributed by atoms with Gasteiger partial charge in [-0.1, -0.05) is 0 Å². The van der Waals surface area contributed by atoms with Gasteiger partial charge in [0.1, 0.15) is 0 Å². The number of morpholine rings is 1. The lowest BCUT2D eigenvalue weighted by Gasteiger charge is -2.39. The van der Waals surface area contributed by atoms with Crippen molar-refractivity contribution >= 4 is 15.7 Å². The predicted octanol–water partition coefficient (Wildman–Crippen LogP) is 2.83. The van der Waals surface area contributed by atoms with Crippen LogP contribution < -0.4 is 0 Å². The van der Waals surface area contributed by atoms with Gasteiger partial charge in [-0.2, -0.15) is 0 Å². The molecule has 1 aromatic carbocycles. The van der Waals surface area contributed by atoms with Crippen LogP contribution in [0.3, 0.4) is 0 Å². The number of benzene rings is 1. The molecule has 1 amide bonds. The Hall–Kier alpha value is -1.44. The molecule has 2 aliphatic heterocycles. The zero-order valence-electron chi connectivity index (χ0n) is 18.0. The molecule has 0 bridgehead atoms. The fourth-order valence-corrected chi connectivity index (χ4v) is 5.42. The summed E-state index contributed by atoms with van der Waals surface area (Å²) in [7, 11) is -3.31. The molecule has 2 atom stereocenters. The normalized spacial score (nSPS) is 24.8. The van der Waals surface area contributed by atoms with E-state index in [1.54, 1.807) is 38.1 Å². The van der Waals surface area contributed by atoms with Gasteiger partial charge in [0.25, 0.3) is 5.91 Å². The lowest BCUT2D eigenvalue weighted by molar-refractivity contribution is -0.0728. The van der Waals surface area contributed by atoms with Gasteiger partial charge in [-0.05, 0) is 70.7 Å². The Morgan fingerprint density at radius 1 is 1.07 bits per heavy atom. The summed E-state index contributed by atoms with van der Waals surface area (Å²) in [6, 6.07) is 6.38. The van der Waals surface area contributed by atoms with Gasteiger partial charge in [-0.25, -0.2) is 8.42 Å². The number of nitrogens with zero attached hydrogens (tertiary/aromatic N) is 2. The van der Waals surface area contributed by atoms with E-state index in [4.69, 9.17) is 4.74 Å². The van der Waals surface area contributed by atoms with Gasteiger partial charge < -0.3 is 9.64 Å². The molecule has 3 rings (SSSR count). The van der Waals surface area contributed by atoms with Gasteiger partial charge in [0, 0.05) is 38.3 Å². The summed E-state index contributed by atoms with van der Waals surface area (Å²) in [6.45, 7) is 12.1. The Balaban J connectivity index is 1.53. The van der Waals surface area contributed by atoms with E-state index in [2.05, 4.69) is 18.7 Å². The Morgan fingerprint density at radius 3 is 2.14 bits per heavy atom. The monoisotopic (exact) mass is 422 g/mol. The maximum absolute atomic E-state index is 12.8. The number of piperidine rings is 1. The average molecular weight is 423 g/mol. The molecule has 2 unspecified atom stereocenters. The van der Waals surface area contributed by atoms with Crippen LogP contribution in [0.4, 0.5) is 0 Å². The highest BCUT2D eigenvalue weighted by atomic mass is 32.2. The van der Waals surface area contributed by atoms with Crippen molar-refractivity contribution in [3.8, 4) is 0 Å². The van der Waals surface area contributed by atoms with Crippen molar-refractivity contribution in [1.82, 2.24) is 9.80 Å². The lowest BCUT2D eigenvalue weighted by Crippen LogP contribution is -2.48. The van der Waals surface area contributed by atoms with Crippen LogP contribution in [-0.2, 0) is 14.6 Å². The third-order valence-corrected chi connectivity index (χ3v) is 8.13. The number of likely N-dealkylation sites (tertiary alicyclic amines) is 1. The summed E-state index contributed by atoms with van der Waals surface area (Å²) >= 11 is 0. The number of hydrogen-bond donors (Lipinski definition) is 0. The van der Waals surface area contributed by atoms with Crippen molar-refractivity contribution in [3.05, 3.63) is 29.8 Å². The number of carbonyl (C=O) groups is 1. The number of ether oxygens (including phenoxy) is 1. The molecule has 0 N–H and O–H groups in total. The highest BCUT2D eigenvalue weighted by molar-refractivity contribution is 7.92. The van der Waals surface area contributed by atoms with Gasteiger partial charge in [-0.15, -0.1) is 0 Å². The first-order chi connectivity index (χ1) is 13.7. The van der Waals surface area contributed by atoms with E-state index in [0.717, 1.165) is 45.6 Å². The molecule has 2 saturated heterocycles. The van der Waals surface area contributed by atoms with Gasteiger partial charge >= 0.3 is 0 Å². The zero-order chi connectivity index (χ0) is 21.2. The van der Waals surface area contributed by atoms with Crippen molar-refractivity contribution in [2.24, 2.45) is 5.92 Å². The minimum Gasteiger partial charge on any atom is -0.373 e. The summed E-state index contributed by atoms with van der Waals surface area (Å²) < 4.78 is 30.3. The fraction of sp³-hybridized carbons (Fsp3) is 0.682. The van der Waals surface area contributed by atoms with Crippen LogP contribution in [0.1, 0.15) is 50.9 Å². The van der Waals surface area contributed by atoms with E-state index in [-0.39, 0.29) is 23.0 Å². The molecule has 0 saturated carbocycles. The summed E-state index contributed by atoms with van der Waals surface area (Å²) in [6.07, 6.45) is 2.57. The fourth-order valence-electron chi connectivity index (χ4n) is 4.36. The van der Waals surface area contributed by atoms with Crippen LogP contribution in [0.25, 0.3) is 0 Å². The number of carbonyl (C=O) groups excluding carboxylic acids is 1. The standard InChI is InChI=1S/C22H34N2O4S/c1-16(2)29(26,27)21-7-5-20(6-8-21)22(25)24-11-9-19(10-12-24)15-23-13-17(3)28-18(4)14-23/h5-8,16-19H,9-15H2,1-4H3. The van der Waals surface area contributed by atoms with Gasteiger partial charge in [0.05, 0.1) is 22.4 Å². The van der Waals surface area contributed by atoms with Crippen molar-refractivity contribution in [3.63, 3.8) is 0 Å². The molecule has 0 spiro atoms. The van der Waals surface area contributed by atoms with Crippen LogP contribution in [0.15, 0.2) is 29.2 Å². The van der Waals surface area contributed by atoms with E-state index in [9.17, 15) is 13.2 Å². The molecule has 7 heteroatoms. The van der Waals surface area contributed by atoms with E-state index >= 15 is 0 Å². The van der Waals surface area contributed by atoms with Crippen molar-refractivity contribution < 1.29 is 17.9 Å². The Bertz CT molecular complexity index is 789. The van der Waals surface area contributed by atoms with E-state index < -0.39 is 15.1 Å². The topological polar surface area (TPSA) is 66.9 Å². The molecule has 0 aliphatic carbocycles. The van der Waals surface area contributed by atoms with E-state index in [0.29, 0.717) is 11.5 Å². The molecular weight excluding hydrogens is 388 g/mol. The number of amides is 1. The van der Waals surface area contributed by atoms with E-state index in [1.807, 2.05) is 4.90 Å². The first-order valence-electron chi connectivity index (χ1n) is 10.7. The minimum atomic E-state index is -3.31. The van der Waals surface area contributed by atoms with Crippen molar-refractivity contribution in [2.45, 2.75) is 62.9 Å². The first-order valence-corrected chi connectivity index (χ1v) is 12.2. The van der Waals surface area contributed by atoms with Crippen LogP contribution in [0.2, 0.25) is 0 Å². The molecule has 2 heterocycles. The second-order valence-corrected chi connectivity index (χ2v) is 11.3. The Labute approximate surface area is 175 Å². The summed E-state index contributed by atoms with van der Waals surface area (Å²) in [5, 5.41) is -0.472. The summed E-state index contributed by atoms with van der Waals surface area (Å²) in [5.41, 5.74) is 0.557. The molecule has 1 aromatic rings. The third-order valence-electron chi connectivity index (χ3n) is 5.96. The second-order valence-electron chi connectivity index (χ2n) is 8.83. The maximum atomic E-state index is 12.8. The van der Waals surface area contributed by atoms with Crippen LogP contribution in [0, 0.1) is 5.92 Å². The zero-order valence-corrected chi connectivity index (χ0v) is 18.8. The minimum absolute atomic E-state index is 0.00874. The maximum Gasteiger partial charge on any atom is 0.253 e. The molecule has 2 fully saturated rings. The van der Waals surface area contributed by atoms with Crippen molar-refractivity contribution in [1.29, 1.82) is 0 Å². The van der Waals surface area contributed by atoms with Gasteiger partial charge in [-0.3, -0.25) is 9.69 Å². The molecule has 6 nitrogen and oxygen atoms in total. The predicted molar refractivity (Wildman–Crippen MR) is 114 cm³/mol. The first kappa shape index (κ1) is 22.2. The Morgan fingerprint density at radius 2 is 1.62 bits per heavy atom. The largest absolute Gasteiger partial charge is 0.373 e. The number of hydrogen-bond acceptors (Lipinski definition) is 5. The van der Waals surface area contributed by atoms with Gasteiger partial charge in [0.2, 0.25) is 0 Å². The van der Waals surface area contributed by atoms with Crippen LogP contribution >= 0.6 is 0 Å². The molecule has 2 aliphatic rings. The number of sulfone groups is 1. The molecular formula is C22H34N2O4S. The number of rotatable bonds is 5. The molecule has 29 heavy (non-hydrogen) atoms. The molecule has 0 radical (unpaired) electrons. The third kappa shape index (κ3) is 5.38. The van der Waals surface area contributed by atoms with E-state index in [1.165, 1.54) is 0 Å². The summed E-state index contributed by atoms with van der Waals surface area (Å²) in [5.74, 6) is 0.598. The highest BCUT2D eigenvalue weighted by Gasteiger charge is 2.28. The molecule has 0 aromatic heterocycles. The SMILES string of the molecule is CC1CN(CC2CCN(C(=O)c3ccc(S(=O)(=O)C(C)C)cc3)CC2)CC(C)O1. The highest BCUT2D eigenvalue weighted by Crippen LogP contribution is 2.23. The molecule has 162 valence electrons. The second kappa shape index (κ2) is 9.14.